The van der Waals surface area contributed by atoms with Crippen LogP contribution in [0, 0.1) is 0 Å². The van der Waals surface area contributed by atoms with Gasteiger partial charge in [-0.2, -0.15) is 18.3 Å². The second-order valence-corrected chi connectivity index (χ2v) is 5.59. The Morgan fingerprint density at radius 1 is 1.14 bits per heavy atom. The molecule has 112 valence electrons. The number of hydrogen-bond donors (Lipinski definition) is 2. The first-order valence-electron chi connectivity index (χ1n) is 5.45. The van der Waals surface area contributed by atoms with Gasteiger partial charge >= 0.3 is 6.18 Å². The zero-order valence-electron chi connectivity index (χ0n) is 10.2. The molecule has 1 aromatic carbocycles. The fourth-order valence-electron chi connectivity index (χ4n) is 1.41. The molecule has 0 bridgehead atoms. The van der Waals surface area contributed by atoms with Gasteiger partial charge < -0.3 is 0 Å². The van der Waals surface area contributed by atoms with E-state index in [1.807, 2.05) is 4.72 Å². The van der Waals surface area contributed by atoms with Crippen LogP contribution in [0.5, 0.6) is 0 Å². The van der Waals surface area contributed by atoms with Crippen LogP contribution in [-0.2, 0) is 16.2 Å². The van der Waals surface area contributed by atoms with Gasteiger partial charge in [0.25, 0.3) is 10.0 Å². The summed E-state index contributed by atoms with van der Waals surface area (Å²) >= 11 is 0. The highest BCUT2D eigenvalue weighted by atomic mass is 32.2. The monoisotopic (exact) mass is 319 g/mol. The SMILES string of the molecule is O=c1cc(C(F)(F)F)[nH]nc1NS(=O)(=O)c1ccccc1. The fraction of sp³-hybridized carbons (Fsp3) is 0.0909. The minimum atomic E-state index is -4.77. The summed E-state index contributed by atoms with van der Waals surface area (Å²) in [6, 6.07) is 7.26. The Morgan fingerprint density at radius 3 is 2.29 bits per heavy atom. The van der Waals surface area contributed by atoms with E-state index in [-0.39, 0.29) is 11.0 Å². The topological polar surface area (TPSA) is 91.9 Å². The predicted molar refractivity (Wildman–Crippen MR) is 67.1 cm³/mol. The van der Waals surface area contributed by atoms with Gasteiger partial charge in [0, 0.05) is 6.07 Å². The minimum Gasteiger partial charge on any atom is -0.286 e. The zero-order chi connectivity index (χ0) is 15.7. The van der Waals surface area contributed by atoms with E-state index in [1.54, 1.807) is 11.2 Å². The van der Waals surface area contributed by atoms with Crippen LogP contribution in [-0.4, -0.2) is 18.6 Å². The maximum atomic E-state index is 12.4. The van der Waals surface area contributed by atoms with Crippen molar-refractivity contribution in [2.24, 2.45) is 0 Å². The number of alkyl halides is 3. The van der Waals surface area contributed by atoms with E-state index >= 15 is 0 Å². The van der Waals surface area contributed by atoms with E-state index in [0.29, 0.717) is 0 Å². The number of halogens is 3. The minimum absolute atomic E-state index is 0.147. The molecular formula is C11H8F3N3O3S. The maximum Gasteiger partial charge on any atom is 0.432 e. The molecule has 0 radical (unpaired) electrons. The number of hydrogen-bond acceptors (Lipinski definition) is 4. The van der Waals surface area contributed by atoms with Crippen LogP contribution in [0.2, 0.25) is 0 Å². The Hall–Kier alpha value is -2.36. The van der Waals surface area contributed by atoms with Gasteiger partial charge in [0.2, 0.25) is 11.2 Å². The molecule has 2 N–H and O–H groups in total. The maximum absolute atomic E-state index is 12.4. The lowest BCUT2D eigenvalue weighted by Crippen LogP contribution is -2.23. The highest BCUT2D eigenvalue weighted by Crippen LogP contribution is 2.26. The summed E-state index contributed by atoms with van der Waals surface area (Å²) in [4.78, 5) is 11.3. The van der Waals surface area contributed by atoms with E-state index in [4.69, 9.17) is 0 Å². The molecule has 1 heterocycles. The first-order chi connectivity index (χ1) is 9.70. The van der Waals surface area contributed by atoms with E-state index in [2.05, 4.69) is 5.10 Å². The number of rotatable bonds is 3. The van der Waals surface area contributed by atoms with Crippen LogP contribution < -0.4 is 10.2 Å². The molecular weight excluding hydrogens is 311 g/mol. The van der Waals surface area contributed by atoms with Crippen molar-refractivity contribution in [2.75, 3.05) is 4.72 Å². The van der Waals surface area contributed by atoms with Crippen LogP contribution in [0.4, 0.5) is 19.0 Å². The normalized spacial score (nSPS) is 12.1. The second-order valence-electron chi connectivity index (χ2n) is 3.91. The quantitative estimate of drug-likeness (QED) is 0.898. The molecule has 0 saturated heterocycles. The highest BCUT2D eigenvalue weighted by Gasteiger charge is 2.33. The van der Waals surface area contributed by atoms with Gasteiger partial charge in [-0.3, -0.25) is 14.6 Å². The predicted octanol–water partition coefficient (Wildman–Crippen LogP) is 1.59. The average Bonchev–Trinajstić information content (AvgIpc) is 2.41. The summed E-state index contributed by atoms with van der Waals surface area (Å²) in [5.41, 5.74) is -2.56. The number of nitrogens with zero attached hydrogens (tertiary/aromatic N) is 1. The lowest BCUT2D eigenvalue weighted by molar-refractivity contribution is -0.141. The first kappa shape index (κ1) is 15.0. The summed E-state index contributed by atoms with van der Waals surface area (Å²) in [6.07, 6.45) is -4.77. The third-order valence-electron chi connectivity index (χ3n) is 2.39. The van der Waals surface area contributed by atoms with E-state index in [9.17, 15) is 26.4 Å². The summed E-state index contributed by atoms with van der Waals surface area (Å²) < 4.78 is 62.7. The number of nitrogens with one attached hydrogen (secondary N) is 2. The molecule has 0 saturated carbocycles. The van der Waals surface area contributed by atoms with Crippen molar-refractivity contribution in [3.05, 3.63) is 52.3 Å². The molecule has 0 atom stereocenters. The number of sulfonamides is 1. The summed E-state index contributed by atoms with van der Waals surface area (Å²) in [6.45, 7) is 0. The van der Waals surface area contributed by atoms with Crippen LogP contribution >= 0.6 is 0 Å². The number of H-pyrrole nitrogens is 1. The van der Waals surface area contributed by atoms with Gasteiger partial charge in [-0.05, 0) is 12.1 Å². The Balaban J connectivity index is 2.35. The molecule has 0 aliphatic carbocycles. The van der Waals surface area contributed by atoms with E-state index in [1.165, 1.54) is 24.3 Å². The van der Waals surface area contributed by atoms with Crippen molar-refractivity contribution < 1.29 is 21.6 Å². The van der Waals surface area contributed by atoms with Gasteiger partial charge in [0.05, 0.1) is 4.90 Å². The van der Waals surface area contributed by atoms with Crippen molar-refractivity contribution >= 4 is 15.8 Å². The Kier molecular flexibility index (Phi) is 3.73. The van der Waals surface area contributed by atoms with Gasteiger partial charge in [0.15, 0.2) is 0 Å². The molecule has 0 aliphatic rings. The number of aromatic nitrogens is 2. The molecule has 6 nitrogen and oxygen atoms in total. The molecule has 10 heteroatoms. The fourth-order valence-corrected chi connectivity index (χ4v) is 2.44. The van der Waals surface area contributed by atoms with Gasteiger partial charge in [-0.25, -0.2) is 8.42 Å². The summed E-state index contributed by atoms with van der Waals surface area (Å²) in [5, 5.41) is 4.70. The van der Waals surface area contributed by atoms with Crippen LogP contribution in [0.25, 0.3) is 0 Å². The Morgan fingerprint density at radius 2 is 1.76 bits per heavy atom. The van der Waals surface area contributed by atoms with Crippen molar-refractivity contribution in [1.29, 1.82) is 0 Å². The molecule has 0 unspecified atom stereocenters. The van der Waals surface area contributed by atoms with Crippen molar-refractivity contribution in [3.63, 3.8) is 0 Å². The lowest BCUT2D eigenvalue weighted by Gasteiger charge is -2.08. The molecule has 0 amide bonds. The average molecular weight is 319 g/mol. The van der Waals surface area contributed by atoms with Crippen molar-refractivity contribution in [1.82, 2.24) is 10.2 Å². The molecule has 2 rings (SSSR count). The van der Waals surface area contributed by atoms with Crippen molar-refractivity contribution in [2.45, 2.75) is 11.1 Å². The molecule has 21 heavy (non-hydrogen) atoms. The smallest absolute Gasteiger partial charge is 0.286 e. The zero-order valence-corrected chi connectivity index (χ0v) is 11.0. The van der Waals surface area contributed by atoms with Crippen LogP contribution in [0.15, 0.2) is 46.1 Å². The summed E-state index contributed by atoms with van der Waals surface area (Å²) in [7, 11) is -4.10. The molecule has 1 aromatic heterocycles. The molecule has 0 fully saturated rings. The lowest BCUT2D eigenvalue weighted by atomic mass is 10.4. The van der Waals surface area contributed by atoms with Crippen LogP contribution in [0.1, 0.15) is 5.69 Å². The Labute approximate surface area is 116 Å². The molecule has 0 spiro atoms. The highest BCUT2D eigenvalue weighted by molar-refractivity contribution is 7.92. The van der Waals surface area contributed by atoms with Gasteiger partial charge in [-0.15, -0.1) is 0 Å². The first-order valence-corrected chi connectivity index (χ1v) is 6.93. The third kappa shape index (κ3) is 3.40. The van der Waals surface area contributed by atoms with Crippen LogP contribution in [0.3, 0.4) is 0 Å². The largest absolute Gasteiger partial charge is 0.432 e. The second kappa shape index (κ2) is 5.20. The number of anilines is 1. The van der Waals surface area contributed by atoms with E-state index in [0.717, 1.165) is 0 Å². The van der Waals surface area contributed by atoms with Crippen molar-refractivity contribution in [3.8, 4) is 0 Å². The third-order valence-corrected chi connectivity index (χ3v) is 3.74. The molecule has 2 aromatic rings. The van der Waals surface area contributed by atoms with Gasteiger partial charge in [0.1, 0.15) is 5.69 Å². The Bertz CT molecular complexity index is 801. The summed E-state index contributed by atoms with van der Waals surface area (Å²) in [5.74, 6) is -0.744. The number of aromatic amines is 1. The van der Waals surface area contributed by atoms with E-state index < -0.39 is 33.1 Å². The van der Waals surface area contributed by atoms with Gasteiger partial charge in [-0.1, -0.05) is 18.2 Å². The molecule has 0 aliphatic heterocycles. The number of benzene rings is 1. The standard InChI is InChI=1S/C11H8F3N3O3S/c12-11(13,14)9-6-8(18)10(16-15-9)17-21(19,20)7-4-2-1-3-5-7/h1-6H,(H,15,18)(H,16,17).